The zero-order chi connectivity index (χ0) is 22.0. The van der Waals surface area contributed by atoms with Gasteiger partial charge in [0.25, 0.3) is 5.69 Å². The van der Waals surface area contributed by atoms with Crippen molar-refractivity contribution in [3.63, 3.8) is 0 Å². The van der Waals surface area contributed by atoms with E-state index < -0.39 is 4.92 Å². The van der Waals surface area contributed by atoms with E-state index in [9.17, 15) is 14.9 Å². The molecule has 0 radical (unpaired) electrons. The molecular weight excluding hydrogens is 394 g/mol. The lowest BCUT2D eigenvalue weighted by atomic mass is 10.0. The topological polar surface area (TPSA) is 84.5 Å². The van der Waals surface area contributed by atoms with Crippen molar-refractivity contribution in [2.45, 2.75) is 18.9 Å². The van der Waals surface area contributed by atoms with Gasteiger partial charge in [-0.1, -0.05) is 18.2 Å². The molecule has 1 fully saturated rings. The van der Waals surface area contributed by atoms with E-state index in [2.05, 4.69) is 22.0 Å². The molecule has 1 unspecified atom stereocenters. The first-order chi connectivity index (χ1) is 15.0. The minimum atomic E-state index is -0.418. The number of benzene rings is 2. The number of hydrogen-bond donors (Lipinski definition) is 0. The third-order valence-electron chi connectivity index (χ3n) is 5.90. The molecule has 160 valence electrons. The second-order valence-corrected chi connectivity index (χ2v) is 7.84. The molecule has 2 heterocycles. The molecule has 4 rings (SSSR count). The molecule has 1 atom stereocenters. The summed E-state index contributed by atoms with van der Waals surface area (Å²) in [5, 5.41) is 11.9. The molecule has 1 saturated heterocycles. The van der Waals surface area contributed by atoms with Gasteiger partial charge in [-0.2, -0.15) is 0 Å². The van der Waals surface area contributed by atoms with Gasteiger partial charge in [0.2, 0.25) is 5.78 Å². The first-order valence-electron chi connectivity index (χ1n) is 10.3. The predicted molar refractivity (Wildman–Crippen MR) is 120 cm³/mol. The fourth-order valence-electron chi connectivity index (χ4n) is 4.16. The Balaban J connectivity index is 1.60. The highest BCUT2D eigenvalue weighted by Gasteiger charge is 2.28. The number of piperidine rings is 1. The summed E-state index contributed by atoms with van der Waals surface area (Å²) in [5.41, 5.74) is 1.86. The van der Waals surface area contributed by atoms with E-state index >= 15 is 0 Å². The molecule has 0 spiro atoms. The van der Waals surface area contributed by atoms with Crippen LogP contribution in [0.2, 0.25) is 0 Å². The van der Waals surface area contributed by atoms with E-state index in [0.717, 1.165) is 31.6 Å². The van der Waals surface area contributed by atoms with Crippen LogP contribution in [0.25, 0.3) is 0 Å². The number of nitro groups is 1. The number of aryl methyl sites for hydroxylation is 1. The van der Waals surface area contributed by atoms with Crippen LogP contribution >= 0.6 is 0 Å². The lowest BCUT2D eigenvalue weighted by molar-refractivity contribution is -0.384. The molecule has 8 nitrogen and oxygen atoms in total. The molecular formula is C23H25N5O3. The summed E-state index contributed by atoms with van der Waals surface area (Å²) in [6.45, 7) is 1.75. The average Bonchev–Trinajstić information content (AvgIpc) is 3.24. The number of imidazole rings is 1. The smallest absolute Gasteiger partial charge is 0.293 e. The first kappa shape index (κ1) is 20.6. The summed E-state index contributed by atoms with van der Waals surface area (Å²) >= 11 is 0. The van der Waals surface area contributed by atoms with Crippen LogP contribution in [-0.4, -0.2) is 46.4 Å². The Labute approximate surface area is 180 Å². The summed E-state index contributed by atoms with van der Waals surface area (Å²) in [5.74, 6) is -0.0843. The maximum atomic E-state index is 12.8. The van der Waals surface area contributed by atoms with E-state index in [4.69, 9.17) is 0 Å². The number of nitrogens with zero attached hydrogens (tertiary/aromatic N) is 5. The number of nitro benzene ring substituents is 1. The standard InChI is InChI=1S/C23H25N5O3/c1-25-14-12-24-23(25)22(29)17-10-11-20(21(15-17)28(30)31)26(2)19-9-6-13-27(16-19)18-7-4-3-5-8-18/h3-5,7-8,10-12,14-15,19H,6,9,13,16H2,1-2H3. The van der Waals surface area contributed by atoms with Crippen LogP contribution in [0.3, 0.4) is 0 Å². The predicted octanol–water partition coefficient (Wildman–Crippen LogP) is 3.66. The Hall–Kier alpha value is -3.68. The Bertz CT molecular complexity index is 1100. The Morgan fingerprint density at radius 3 is 2.68 bits per heavy atom. The number of likely N-dealkylation sites (N-methyl/N-ethyl adjacent to an activating group) is 1. The van der Waals surface area contributed by atoms with Gasteiger partial charge in [-0.05, 0) is 37.1 Å². The van der Waals surface area contributed by atoms with E-state index in [1.807, 2.05) is 30.1 Å². The quantitative estimate of drug-likeness (QED) is 0.344. The summed E-state index contributed by atoms with van der Waals surface area (Å²) in [6.07, 6.45) is 5.16. The van der Waals surface area contributed by atoms with Gasteiger partial charge >= 0.3 is 0 Å². The maximum absolute atomic E-state index is 12.8. The fraction of sp³-hybridized carbons (Fsp3) is 0.304. The number of carbonyl (C=O) groups excluding carboxylic acids is 1. The molecule has 2 aromatic carbocycles. The van der Waals surface area contributed by atoms with Crippen molar-refractivity contribution in [2.24, 2.45) is 7.05 Å². The number of rotatable bonds is 6. The number of aromatic nitrogens is 2. The largest absolute Gasteiger partial charge is 0.369 e. The zero-order valence-electron chi connectivity index (χ0n) is 17.6. The van der Waals surface area contributed by atoms with Gasteiger partial charge in [-0.3, -0.25) is 14.9 Å². The van der Waals surface area contributed by atoms with Gasteiger partial charge < -0.3 is 14.4 Å². The van der Waals surface area contributed by atoms with Gasteiger partial charge in [0.05, 0.1) is 4.92 Å². The van der Waals surface area contributed by atoms with Crippen molar-refractivity contribution in [1.29, 1.82) is 0 Å². The van der Waals surface area contributed by atoms with E-state index in [1.165, 1.54) is 12.3 Å². The van der Waals surface area contributed by atoms with Crippen LogP contribution in [0.1, 0.15) is 29.0 Å². The van der Waals surface area contributed by atoms with Gasteiger partial charge in [0.15, 0.2) is 5.82 Å². The lowest BCUT2D eigenvalue weighted by Crippen LogP contribution is -2.47. The molecule has 8 heteroatoms. The number of anilines is 2. The van der Waals surface area contributed by atoms with Crippen molar-refractivity contribution in [3.8, 4) is 0 Å². The van der Waals surface area contributed by atoms with E-state index in [-0.39, 0.29) is 28.9 Å². The summed E-state index contributed by atoms with van der Waals surface area (Å²) in [7, 11) is 3.61. The Kier molecular flexibility index (Phi) is 5.70. The van der Waals surface area contributed by atoms with Gasteiger partial charge in [0, 0.05) is 62.9 Å². The molecule has 1 aliphatic rings. The van der Waals surface area contributed by atoms with Crippen LogP contribution in [0, 0.1) is 10.1 Å². The molecule has 0 aliphatic carbocycles. The van der Waals surface area contributed by atoms with Gasteiger partial charge in [-0.15, -0.1) is 0 Å². The summed E-state index contributed by atoms with van der Waals surface area (Å²) in [4.78, 5) is 32.6. The van der Waals surface area contributed by atoms with E-state index in [1.54, 1.807) is 29.9 Å². The molecule has 31 heavy (non-hydrogen) atoms. The highest BCUT2D eigenvalue weighted by atomic mass is 16.6. The lowest BCUT2D eigenvalue weighted by Gasteiger charge is -2.39. The highest BCUT2D eigenvalue weighted by molar-refractivity contribution is 6.07. The minimum Gasteiger partial charge on any atom is -0.369 e. The minimum absolute atomic E-state index is 0.0700. The summed E-state index contributed by atoms with van der Waals surface area (Å²) in [6, 6.07) is 15.0. The number of para-hydroxylation sites is 1. The Morgan fingerprint density at radius 1 is 1.23 bits per heavy atom. The normalized spacial score (nSPS) is 16.2. The average molecular weight is 419 g/mol. The highest BCUT2D eigenvalue weighted by Crippen LogP contribution is 2.33. The van der Waals surface area contributed by atoms with Crippen LogP contribution in [0.15, 0.2) is 60.9 Å². The molecule has 1 aromatic heterocycles. The fourth-order valence-corrected chi connectivity index (χ4v) is 4.16. The second-order valence-electron chi connectivity index (χ2n) is 7.84. The van der Waals surface area contributed by atoms with Crippen molar-refractivity contribution in [2.75, 3.05) is 29.9 Å². The van der Waals surface area contributed by atoms with Crippen molar-refractivity contribution < 1.29 is 9.72 Å². The number of hydrogen-bond acceptors (Lipinski definition) is 6. The van der Waals surface area contributed by atoms with Crippen LogP contribution in [0.5, 0.6) is 0 Å². The van der Waals surface area contributed by atoms with Crippen molar-refractivity contribution >= 4 is 22.8 Å². The second kappa shape index (κ2) is 8.59. The molecule has 1 aliphatic heterocycles. The van der Waals surface area contributed by atoms with Gasteiger partial charge in [-0.25, -0.2) is 4.98 Å². The first-order valence-corrected chi connectivity index (χ1v) is 10.3. The summed E-state index contributed by atoms with van der Waals surface area (Å²) < 4.78 is 1.61. The number of carbonyl (C=O) groups is 1. The zero-order valence-corrected chi connectivity index (χ0v) is 17.6. The molecule has 0 bridgehead atoms. The maximum Gasteiger partial charge on any atom is 0.293 e. The molecule has 0 amide bonds. The van der Waals surface area contributed by atoms with Crippen molar-refractivity contribution in [1.82, 2.24) is 9.55 Å². The molecule has 3 aromatic rings. The van der Waals surface area contributed by atoms with E-state index in [0.29, 0.717) is 5.69 Å². The third kappa shape index (κ3) is 4.14. The van der Waals surface area contributed by atoms with Gasteiger partial charge in [0.1, 0.15) is 5.69 Å². The van der Waals surface area contributed by atoms with Crippen LogP contribution < -0.4 is 9.80 Å². The SMILES string of the molecule is CN(c1ccc(C(=O)c2nccn2C)cc1[N+](=O)[O-])C1CCCN(c2ccccc2)C1. The monoisotopic (exact) mass is 419 g/mol. The molecule has 0 N–H and O–H groups in total. The van der Waals surface area contributed by atoms with Crippen molar-refractivity contribution in [3.05, 3.63) is 82.4 Å². The molecule has 0 saturated carbocycles. The van der Waals surface area contributed by atoms with Crippen LogP contribution in [-0.2, 0) is 7.05 Å². The van der Waals surface area contributed by atoms with Crippen LogP contribution in [0.4, 0.5) is 17.1 Å². The number of ketones is 1. The Morgan fingerprint density at radius 2 is 2.00 bits per heavy atom. The third-order valence-corrected chi connectivity index (χ3v) is 5.90.